The van der Waals surface area contributed by atoms with Gasteiger partial charge in [-0.1, -0.05) is 0 Å². The number of aromatic nitrogens is 1. The van der Waals surface area contributed by atoms with E-state index >= 15 is 0 Å². The van der Waals surface area contributed by atoms with Crippen LogP contribution < -0.4 is 5.32 Å². The Balaban J connectivity index is 1.91. The summed E-state index contributed by atoms with van der Waals surface area (Å²) in [5, 5.41) is 4.62. The third-order valence-electron chi connectivity index (χ3n) is 3.12. The Morgan fingerprint density at radius 2 is 2.21 bits per heavy atom. The van der Waals surface area contributed by atoms with Gasteiger partial charge in [-0.15, -0.1) is 11.3 Å². The van der Waals surface area contributed by atoms with Crippen LogP contribution in [0.4, 0.5) is 0 Å². The molecule has 5 heteroatoms. The van der Waals surface area contributed by atoms with Gasteiger partial charge in [-0.05, 0) is 40.1 Å². The van der Waals surface area contributed by atoms with Crippen LogP contribution in [0, 0.1) is 13.8 Å². The van der Waals surface area contributed by atoms with E-state index in [0.29, 0.717) is 0 Å². The highest BCUT2D eigenvalue weighted by atomic mass is 32.1. The van der Waals surface area contributed by atoms with Gasteiger partial charge in [0.15, 0.2) is 0 Å². The van der Waals surface area contributed by atoms with Crippen molar-refractivity contribution in [2.75, 3.05) is 20.6 Å². The summed E-state index contributed by atoms with van der Waals surface area (Å²) < 4.78 is 5.50. The second-order valence-electron chi connectivity index (χ2n) is 4.87. The minimum absolute atomic E-state index is 0.254. The third-order valence-corrected chi connectivity index (χ3v) is 4.19. The summed E-state index contributed by atoms with van der Waals surface area (Å²) in [6.07, 6.45) is 1.72. The van der Waals surface area contributed by atoms with Gasteiger partial charge in [0.2, 0.25) is 0 Å². The van der Waals surface area contributed by atoms with Crippen LogP contribution in [0.5, 0.6) is 0 Å². The fourth-order valence-electron chi connectivity index (χ4n) is 2.08. The van der Waals surface area contributed by atoms with E-state index in [0.717, 1.165) is 29.6 Å². The zero-order valence-corrected chi connectivity index (χ0v) is 12.8. The minimum atomic E-state index is 0.254. The predicted octanol–water partition coefficient (Wildman–Crippen LogP) is 2.75. The van der Waals surface area contributed by atoms with Crippen molar-refractivity contribution in [3.05, 3.63) is 39.7 Å². The Morgan fingerprint density at radius 3 is 2.74 bits per heavy atom. The Kier molecular flexibility index (Phi) is 4.74. The molecule has 0 radical (unpaired) electrons. The molecule has 2 heterocycles. The smallest absolute Gasteiger partial charge is 0.122 e. The zero-order chi connectivity index (χ0) is 13.8. The monoisotopic (exact) mass is 279 g/mol. The number of thiazole rings is 1. The normalized spacial score (nSPS) is 13.1. The van der Waals surface area contributed by atoms with E-state index in [9.17, 15) is 0 Å². The fourth-order valence-corrected chi connectivity index (χ4v) is 2.99. The minimum Gasteiger partial charge on any atom is -0.468 e. The van der Waals surface area contributed by atoms with E-state index in [4.69, 9.17) is 4.42 Å². The van der Waals surface area contributed by atoms with Gasteiger partial charge in [0, 0.05) is 18.0 Å². The molecule has 2 aromatic rings. The van der Waals surface area contributed by atoms with Gasteiger partial charge in [-0.3, -0.25) is 4.90 Å². The molecule has 0 aliphatic rings. The molecule has 0 spiro atoms. The lowest BCUT2D eigenvalue weighted by molar-refractivity contribution is 0.250. The van der Waals surface area contributed by atoms with Crippen LogP contribution >= 0.6 is 11.3 Å². The topological polar surface area (TPSA) is 41.3 Å². The van der Waals surface area contributed by atoms with Gasteiger partial charge in [-0.2, -0.15) is 0 Å². The molecule has 0 amide bonds. The second-order valence-corrected chi connectivity index (χ2v) is 6.15. The molecule has 0 aromatic carbocycles. The number of hydrogen-bond acceptors (Lipinski definition) is 5. The molecule has 0 aliphatic carbocycles. The highest BCUT2D eigenvalue weighted by Crippen LogP contribution is 2.19. The van der Waals surface area contributed by atoms with Crippen molar-refractivity contribution in [2.45, 2.75) is 26.4 Å². The molecule has 0 saturated carbocycles. The maximum atomic E-state index is 5.50. The van der Waals surface area contributed by atoms with Crippen LogP contribution in [0.15, 0.2) is 22.8 Å². The summed E-state index contributed by atoms with van der Waals surface area (Å²) in [5.74, 6) is 0.995. The van der Waals surface area contributed by atoms with Gasteiger partial charge in [0.1, 0.15) is 5.76 Å². The fraction of sp³-hybridized carbons (Fsp3) is 0.500. The average Bonchev–Trinajstić information content (AvgIpc) is 2.94. The number of nitrogens with zero attached hydrogens (tertiary/aromatic N) is 2. The highest BCUT2D eigenvalue weighted by Gasteiger charge is 2.16. The summed E-state index contributed by atoms with van der Waals surface area (Å²) in [6, 6.07) is 4.21. The average molecular weight is 279 g/mol. The Bertz CT molecular complexity index is 505. The van der Waals surface area contributed by atoms with Crippen molar-refractivity contribution in [1.82, 2.24) is 15.2 Å². The zero-order valence-electron chi connectivity index (χ0n) is 11.9. The standard InChI is InChI=1S/C14H21N3OS/c1-10-14(19-11(2)16-10)9-15-8-12(17(3)4)13-6-5-7-18-13/h5-7,12,15H,8-9H2,1-4H3. The van der Waals surface area contributed by atoms with Crippen molar-refractivity contribution in [3.8, 4) is 0 Å². The lowest BCUT2D eigenvalue weighted by Gasteiger charge is -2.22. The van der Waals surface area contributed by atoms with Gasteiger partial charge in [-0.25, -0.2) is 4.98 Å². The molecule has 104 valence electrons. The molecule has 0 aliphatic heterocycles. The maximum absolute atomic E-state index is 5.50. The molecule has 1 N–H and O–H groups in total. The molecule has 0 saturated heterocycles. The Morgan fingerprint density at radius 1 is 1.42 bits per heavy atom. The third kappa shape index (κ3) is 3.65. The largest absolute Gasteiger partial charge is 0.468 e. The van der Waals surface area contributed by atoms with Gasteiger partial charge >= 0.3 is 0 Å². The molecule has 0 bridgehead atoms. The van der Waals surface area contributed by atoms with Gasteiger partial charge in [0.25, 0.3) is 0 Å². The number of rotatable bonds is 6. The van der Waals surface area contributed by atoms with Crippen LogP contribution in [0.25, 0.3) is 0 Å². The maximum Gasteiger partial charge on any atom is 0.122 e. The first kappa shape index (κ1) is 14.2. The lowest BCUT2D eigenvalue weighted by atomic mass is 10.2. The van der Waals surface area contributed by atoms with Crippen molar-refractivity contribution in [2.24, 2.45) is 0 Å². The summed E-state index contributed by atoms with van der Waals surface area (Å²) in [5.41, 5.74) is 1.13. The number of likely N-dealkylation sites (N-methyl/N-ethyl adjacent to an activating group) is 1. The van der Waals surface area contributed by atoms with E-state index < -0.39 is 0 Å². The van der Waals surface area contributed by atoms with Crippen molar-refractivity contribution in [1.29, 1.82) is 0 Å². The van der Waals surface area contributed by atoms with Crippen LogP contribution in [0.1, 0.15) is 27.4 Å². The quantitative estimate of drug-likeness (QED) is 0.883. The molecule has 1 unspecified atom stereocenters. The Hall–Kier alpha value is -1.17. The summed E-state index contributed by atoms with van der Waals surface area (Å²) in [7, 11) is 4.13. The number of furan rings is 1. The SMILES string of the molecule is Cc1nc(C)c(CNCC(c2ccco2)N(C)C)s1. The molecular weight excluding hydrogens is 258 g/mol. The lowest BCUT2D eigenvalue weighted by Crippen LogP contribution is -2.30. The van der Waals surface area contributed by atoms with Crippen molar-refractivity contribution in [3.63, 3.8) is 0 Å². The molecule has 2 aromatic heterocycles. The Labute approximate surface area is 118 Å². The van der Waals surface area contributed by atoms with E-state index in [-0.39, 0.29) is 6.04 Å². The van der Waals surface area contributed by atoms with E-state index in [1.165, 1.54) is 4.88 Å². The van der Waals surface area contributed by atoms with Crippen molar-refractivity contribution < 1.29 is 4.42 Å². The first-order chi connectivity index (χ1) is 9.08. The molecule has 4 nitrogen and oxygen atoms in total. The summed E-state index contributed by atoms with van der Waals surface area (Å²) in [4.78, 5) is 7.92. The van der Waals surface area contributed by atoms with Crippen LogP contribution in [0.2, 0.25) is 0 Å². The van der Waals surface area contributed by atoms with Crippen LogP contribution in [0.3, 0.4) is 0 Å². The van der Waals surface area contributed by atoms with Gasteiger partial charge in [0.05, 0.1) is 23.0 Å². The van der Waals surface area contributed by atoms with E-state index in [1.807, 2.05) is 19.1 Å². The summed E-state index contributed by atoms with van der Waals surface area (Å²) >= 11 is 1.76. The molecule has 1 atom stereocenters. The molecule has 2 rings (SSSR count). The molecule has 19 heavy (non-hydrogen) atoms. The number of hydrogen-bond donors (Lipinski definition) is 1. The summed E-state index contributed by atoms with van der Waals surface area (Å²) in [6.45, 7) is 5.84. The van der Waals surface area contributed by atoms with Crippen LogP contribution in [-0.2, 0) is 6.54 Å². The van der Waals surface area contributed by atoms with E-state index in [2.05, 4.69) is 36.2 Å². The van der Waals surface area contributed by atoms with Crippen molar-refractivity contribution >= 4 is 11.3 Å². The highest BCUT2D eigenvalue weighted by molar-refractivity contribution is 7.11. The van der Waals surface area contributed by atoms with Gasteiger partial charge < -0.3 is 9.73 Å². The molecule has 0 fully saturated rings. The van der Waals surface area contributed by atoms with E-state index in [1.54, 1.807) is 17.6 Å². The second kappa shape index (κ2) is 6.32. The van der Waals surface area contributed by atoms with Crippen LogP contribution in [-0.4, -0.2) is 30.5 Å². The number of nitrogens with one attached hydrogen (secondary N) is 1. The molecular formula is C14H21N3OS. The number of aryl methyl sites for hydroxylation is 2. The first-order valence-electron chi connectivity index (χ1n) is 6.41. The first-order valence-corrected chi connectivity index (χ1v) is 7.23. The predicted molar refractivity (Wildman–Crippen MR) is 78.4 cm³/mol.